The lowest BCUT2D eigenvalue weighted by Gasteiger charge is -2.02. The van der Waals surface area contributed by atoms with Gasteiger partial charge in [0.25, 0.3) is 0 Å². The van der Waals surface area contributed by atoms with Crippen LogP contribution in [0.25, 0.3) is 0 Å². The first kappa shape index (κ1) is 10.4. The van der Waals surface area contributed by atoms with Crippen LogP contribution in [-0.4, -0.2) is 11.1 Å². The molecule has 0 heterocycles. The van der Waals surface area contributed by atoms with Gasteiger partial charge in [0.15, 0.2) is 5.78 Å². The minimum Gasteiger partial charge on any atom is -0.294 e. The van der Waals surface area contributed by atoms with Crippen LogP contribution in [0.4, 0.5) is 4.39 Å². The molecule has 0 aromatic heterocycles. The first-order valence-corrected chi connectivity index (χ1v) is 5.12. The number of hydrogen-bond donors (Lipinski definition) is 0. The predicted molar refractivity (Wildman–Crippen MR) is 53.9 cm³/mol. The Morgan fingerprint density at radius 2 is 2.23 bits per heavy atom. The second-order valence-corrected chi connectivity index (χ2v) is 3.61. The van der Waals surface area contributed by atoms with Gasteiger partial charge in [-0.1, -0.05) is 22.0 Å². The minimum absolute atomic E-state index is 0.0196. The Labute approximate surface area is 85.1 Å². The molecule has 0 aliphatic carbocycles. The fraction of sp³-hybridized carbons (Fsp3) is 0.300. The van der Waals surface area contributed by atoms with Gasteiger partial charge < -0.3 is 0 Å². The SMILES string of the molecule is Cc1ccc(F)cc1C(=O)CCBr. The second-order valence-electron chi connectivity index (χ2n) is 2.82. The van der Waals surface area contributed by atoms with Crippen molar-refractivity contribution in [3.8, 4) is 0 Å². The van der Waals surface area contributed by atoms with Crippen molar-refractivity contribution in [3.63, 3.8) is 0 Å². The molecule has 13 heavy (non-hydrogen) atoms. The largest absolute Gasteiger partial charge is 0.294 e. The molecule has 1 rings (SSSR count). The second kappa shape index (κ2) is 4.51. The Balaban J connectivity index is 2.99. The molecule has 0 saturated heterocycles. The van der Waals surface area contributed by atoms with E-state index in [-0.39, 0.29) is 11.6 Å². The van der Waals surface area contributed by atoms with Crippen molar-refractivity contribution in [2.75, 3.05) is 5.33 Å². The van der Waals surface area contributed by atoms with Crippen LogP contribution in [0.1, 0.15) is 22.3 Å². The molecule has 0 unspecified atom stereocenters. The standard InChI is InChI=1S/C10H10BrFO/c1-7-2-3-8(12)6-9(7)10(13)4-5-11/h2-3,6H,4-5H2,1H3. The summed E-state index contributed by atoms with van der Waals surface area (Å²) in [7, 11) is 0. The third-order valence-electron chi connectivity index (χ3n) is 1.82. The first-order chi connectivity index (χ1) is 6.15. The van der Waals surface area contributed by atoms with Gasteiger partial charge in [-0.3, -0.25) is 4.79 Å². The van der Waals surface area contributed by atoms with Crippen LogP contribution in [0.3, 0.4) is 0 Å². The summed E-state index contributed by atoms with van der Waals surface area (Å²) in [5.41, 5.74) is 1.31. The zero-order chi connectivity index (χ0) is 9.84. The van der Waals surface area contributed by atoms with Crippen molar-refractivity contribution in [1.29, 1.82) is 0 Å². The summed E-state index contributed by atoms with van der Waals surface area (Å²) >= 11 is 3.18. The molecular formula is C10H10BrFO. The molecule has 0 amide bonds. The molecule has 0 spiro atoms. The number of carbonyl (C=O) groups excluding carboxylic acids is 1. The molecule has 0 aliphatic heterocycles. The third-order valence-corrected chi connectivity index (χ3v) is 2.22. The summed E-state index contributed by atoms with van der Waals surface area (Å²) in [6.45, 7) is 1.81. The van der Waals surface area contributed by atoms with E-state index < -0.39 is 0 Å². The van der Waals surface area contributed by atoms with E-state index in [1.807, 2.05) is 0 Å². The number of ketones is 1. The smallest absolute Gasteiger partial charge is 0.164 e. The normalized spacial score (nSPS) is 10.1. The average Bonchev–Trinajstić information content (AvgIpc) is 2.09. The number of carbonyl (C=O) groups is 1. The summed E-state index contributed by atoms with van der Waals surface area (Å²) in [6, 6.07) is 4.28. The van der Waals surface area contributed by atoms with Crippen LogP contribution in [0.5, 0.6) is 0 Å². The number of halogens is 2. The fourth-order valence-electron chi connectivity index (χ4n) is 1.12. The van der Waals surface area contributed by atoms with E-state index in [2.05, 4.69) is 15.9 Å². The van der Waals surface area contributed by atoms with Gasteiger partial charge in [0.1, 0.15) is 5.82 Å². The van der Waals surface area contributed by atoms with E-state index in [1.165, 1.54) is 12.1 Å². The van der Waals surface area contributed by atoms with Crippen molar-refractivity contribution in [2.24, 2.45) is 0 Å². The Kier molecular flexibility index (Phi) is 3.60. The third kappa shape index (κ3) is 2.62. The van der Waals surface area contributed by atoms with E-state index in [1.54, 1.807) is 13.0 Å². The topological polar surface area (TPSA) is 17.1 Å². The molecule has 0 bridgehead atoms. The van der Waals surface area contributed by atoms with Gasteiger partial charge in [0, 0.05) is 17.3 Å². The van der Waals surface area contributed by atoms with Crippen molar-refractivity contribution in [2.45, 2.75) is 13.3 Å². The van der Waals surface area contributed by atoms with Crippen LogP contribution in [0, 0.1) is 12.7 Å². The van der Waals surface area contributed by atoms with E-state index in [0.717, 1.165) is 5.56 Å². The van der Waals surface area contributed by atoms with Gasteiger partial charge in [-0.2, -0.15) is 0 Å². The average molecular weight is 245 g/mol. The first-order valence-electron chi connectivity index (χ1n) is 4.00. The van der Waals surface area contributed by atoms with Crippen LogP contribution in [0.15, 0.2) is 18.2 Å². The maximum absolute atomic E-state index is 12.8. The number of Topliss-reactive ketones (excluding diaryl/α,β-unsaturated/α-hetero) is 1. The maximum atomic E-state index is 12.8. The van der Waals surface area contributed by atoms with Gasteiger partial charge in [0.2, 0.25) is 0 Å². The van der Waals surface area contributed by atoms with E-state index >= 15 is 0 Å². The van der Waals surface area contributed by atoms with E-state index in [9.17, 15) is 9.18 Å². The minimum atomic E-state index is -0.358. The summed E-state index contributed by atoms with van der Waals surface area (Å²) in [6.07, 6.45) is 0.407. The highest BCUT2D eigenvalue weighted by molar-refractivity contribution is 9.09. The summed E-state index contributed by atoms with van der Waals surface area (Å²) in [5.74, 6) is -0.377. The highest BCUT2D eigenvalue weighted by atomic mass is 79.9. The number of aryl methyl sites for hydroxylation is 1. The lowest BCUT2D eigenvalue weighted by molar-refractivity contribution is 0.0989. The highest BCUT2D eigenvalue weighted by Crippen LogP contribution is 2.12. The molecule has 1 nitrogen and oxygen atoms in total. The van der Waals surface area contributed by atoms with Crippen molar-refractivity contribution in [3.05, 3.63) is 35.1 Å². The zero-order valence-corrected chi connectivity index (χ0v) is 8.90. The molecule has 1 aromatic rings. The maximum Gasteiger partial charge on any atom is 0.164 e. The molecule has 1 aromatic carbocycles. The Morgan fingerprint density at radius 1 is 1.54 bits per heavy atom. The molecule has 0 aliphatic rings. The van der Waals surface area contributed by atoms with Gasteiger partial charge >= 0.3 is 0 Å². The molecule has 70 valence electrons. The van der Waals surface area contributed by atoms with Gasteiger partial charge in [0.05, 0.1) is 0 Å². The van der Waals surface area contributed by atoms with Crippen molar-refractivity contribution in [1.82, 2.24) is 0 Å². The Bertz CT molecular complexity index is 323. The molecule has 3 heteroatoms. The van der Waals surface area contributed by atoms with Gasteiger partial charge in [-0.15, -0.1) is 0 Å². The highest BCUT2D eigenvalue weighted by Gasteiger charge is 2.08. The molecule has 0 fully saturated rings. The van der Waals surface area contributed by atoms with Crippen LogP contribution in [-0.2, 0) is 0 Å². The molecule has 0 radical (unpaired) electrons. The van der Waals surface area contributed by atoms with Crippen LogP contribution >= 0.6 is 15.9 Å². The number of alkyl halides is 1. The van der Waals surface area contributed by atoms with E-state index in [4.69, 9.17) is 0 Å². The van der Waals surface area contributed by atoms with Gasteiger partial charge in [-0.05, 0) is 24.6 Å². The fourth-order valence-corrected chi connectivity index (χ4v) is 1.48. The van der Waals surface area contributed by atoms with Crippen LogP contribution in [0.2, 0.25) is 0 Å². The van der Waals surface area contributed by atoms with Crippen molar-refractivity contribution >= 4 is 21.7 Å². The number of benzene rings is 1. The lowest BCUT2D eigenvalue weighted by atomic mass is 10.0. The molecule has 0 atom stereocenters. The Morgan fingerprint density at radius 3 is 2.85 bits per heavy atom. The lowest BCUT2D eigenvalue weighted by Crippen LogP contribution is -2.02. The van der Waals surface area contributed by atoms with Gasteiger partial charge in [-0.25, -0.2) is 4.39 Å². The zero-order valence-electron chi connectivity index (χ0n) is 7.31. The predicted octanol–water partition coefficient (Wildman–Crippen LogP) is 3.10. The molecule has 0 saturated carbocycles. The summed E-state index contributed by atoms with van der Waals surface area (Å²) < 4.78 is 12.8. The monoisotopic (exact) mass is 244 g/mol. The number of rotatable bonds is 3. The van der Waals surface area contributed by atoms with Crippen molar-refractivity contribution < 1.29 is 9.18 Å². The molecular weight excluding hydrogens is 235 g/mol. The summed E-state index contributed by atoms with van der Waals surface area (Å²) in [5, 5.41) is 0.613. The Hall–Kier alpha value is -0.700. The molecule has 0 N–H and O–H groups in total. The van der Waals surface area contributed by atoms with Crippen LogP contribution < -0.4 is 0 Å². The quantitative estimate of drug-likeness (QED) is 0.590. The van der Waals surface area contributed by atoms with E-state index in [0.29, 0.717) is 17.3 Å². The number of hydrogen-bond acceptors (Lipinski definition) is 1. The summed E-state index contributed by atoms with van der Waals surface area (Å²) in [4.78, 5) is 11.4.